The summed E-state index contributed by atoms with van der Waals surface area (Å²) in [5, 5.41) is 12.2. The molecule has 0 saturated heterocycles. The van der Waals surface area contributed by atoms with E-state index in [1.165, 1.54) is 0 Å². The Hall–Kier alpha value is -0.724. The van der Waals surface area contributed by atoms with Crippen molar-refractivity contribution in [2.24, 2.45) is 0 Å². The summed E-state index contributed by atoms with van der Waals surface area (Å²) in [4.78, 5) is 25.4. The monoisotopic (exact) mass is 349 g/mol. The smallest absolute Gasteiger partial charge is 0.549 e. The molecule has 0 spiro atoms. The third-order valence-electron chi connectivity index (χ3n) is 4.69. The van der Waals surface area contributed by atoms with E-state index in [0.29, 0.717) is 17.7 Å². The maximum absolute atomic E-state index is 13.2. The summed E-state index contributed by atoms with van der Waals surface area (Å²) in [6, 6.07) is 8.92. The number of carbonyl (C=O) groups excluding carboxylic acids is 2. The van der Waals surface area contributed by atoms with Crippen molar-refractivity contribution in [3.8, 4) is 0 Å². The first-order chi connectivity index (χ1) is 10.9. The fourth-order valence-electron chi connectivity index (χ4n) is 3.57. The van der Waals surface area contributed by atoms with Crippen LogP contribution in [0.5, 0.6) is 0 Å². The third kappa shape index (κ3) is 3.33. The maximum Gasteiger partial charge on any atom is 1.00 e. The molecule has 2 aromatic rings. The van der Waals surface area contributed by atoms with E-state index in [1.807, 2.05) is 36.7 Å². The molecule has 1 aromatic carbocycles. The van der Waals surface area contributed by atoms with Crippen molar-refractivity contribution in [2.45, 2.75) is 45.1 Å². The zero-order valence-corrected chi connectivity index (χ0v) is 17.6. The number of carbonyl (C=O) groups is 2. The van der Waals surface area contributed by atoms with E-state index < -0.39 is 11.4 Å². The van der Waals surface area contributed by atoms with E-state index in [-0.39, 0.29) is 63.6 Å². The Morgan fingerprint density at radius 3 is 2.54 bits per heavy atom. The number of carboxylic acids is 1. The van der Waals surface area contributed by atoms with Crippen LogP contribution in [0.1, 0.15) is 46.4 Å². The van der Waals surface area contributed by atoms with Gasteiger partial charge < -0.3 is 14.5 Å². The summed E-state index contributed by atoms with van der Waals surface area (Å²) in [5.74, 6) is -1.67. The molecule has 1 atom stereocenters. The molecule has 24 heavy (non-hydrogen) atoms. The molecule has 0 fully saturated rings. The second-order valence-corrected chi connectivity index (χ2v) is 6.44. The molecular weight excluding hydrogens is 329 g/mol. The number of hydrogen-bond acceptors (Lipinski definition) is 3. The molecule has 0 aliphatic carbocycles. The first-order valence-electron chi connectivity index (χ1n) is 7.95. The third-order valence-corrected chi connectivity index (χ3v) is 4.69. The molecule has 4 nitrogen and oxygen atoms in total. The minimum Gasteiger partial charge on any atom is -0.549 e. The Labute approximate surface area is 184 Å². The van der Waals surface area contributed by atoms with Gasteiger partial charge in [-0.15, -0.1) is 0 Å². The number of aromatic nitrogens is 1. The van der Waals surface area contributed by atoms with Crippen LogP contribution in [-0.4, -0.2) is 16.3 Å². The van der Waals surface area contributed by atoms with E-state index >= 15 is 0 Å². The van der Waals surface area contributed by atoms with Crippen LogP contribution in [0.15, 0.2) is 36.5 Å². The van der Waals surface area contributed by atoms with Gasteiger partial charge in [0.15, 0.2) is 5.78 Å². The number of benzene rings is 1. The first-order valence-corrected chi connectivity index (χ1v) is 7.95. The van der Waals surface area contributed by atoms with Crippen LogP contribution in [0.3, 0.4) is 0 Å². The van der Waals surface area contributed by atoms with Gasteiger partial charge >= 0.3 is 51.4 Å². The van der Waals surface area contributed by atoms with Gasteiger partial charge in [0.1, 0.15) is 5.41 Å². The molecule has 120 valence electrons. The SMILES string of the molecule is Cc1cccc(C(=O)C2(C(=O)[O-])CCCCn3cc(C)cc32)c1.[K+]. The molecule has 1 aromatic heterocycles. The summed E-state index contributed by atoms with van der Waals surface area (Å²) in [5.41, 5.74) is 1.29. The quantitative estimate of drug-likeness (QED) is 0.413. The standard InChI is InChI=1S/C19H21NO3.K/c1-13-6-5-7-15(10-13)17(21)19(18(22)23)8-3-4-9-20-12-14(2)11-16(19)20;/h5-7,10-12H,3-4,8-9H2,1-2H3,(H,22,23);/q;+1/p-1. The molecular formula is C19H20KNO3. The minimum absolute atomic E-state index is 0. The van der Waals surface area contributed by atoms with Crippen molar-refractivity contribution >= 4 is 11.8 Å². The maximum atomic E-state index is 13.2. The van der Waals surface area contributed by atoms with Crippen molar-refractivity contribution in [1.82, 2.24) is 4.57 Å². The summed E-state index contributed by atoms with van der Waals surface area (Å²) in [7, 11) is 0. The molecule has 0 N–H and O–H groups in total. The Bertz CT molecular complexity index is 781. The van der Waals surface area contributed by atoms with Crippen molar-refractivity contribution < 1.29 is 66.1 Å². The number of Topliss-reactive ketones (excluding diaryl/α,β-unsaturated/α-hetero) is 1. The van der Waals surface area contributed by atoms with Crippen LogP contribution in [0, 0.1) is 13.8 Å². The van der Waals surface area contributed by atoms with Gasteiger partial charge in [0.25, 0.3) is 0 Å². The number of nitrogens with zero attached hydrogens (tertiary/aromatic N) is 1. The van der Waals surface area contributed by atoms with Gasteiger partial charge in [0, 0.05) is 24.0 Å². The van der Waals surface area contributed by atoms with Gasteiger partial charge in [-0.3, -0.25) is 4.79 Å². The number of hydrogen-bond donors (Lipinski definition) is 0. The zero-order valence-electron chi connectivity index (χ0n) is 14.5. The molecule has 0 radical (unpaired) electrons. The van der Waals surface area contributed by atoms with E-state index in [9.17, 15) is 14.7 Å². The van der Waals surface area contributed by atoms with Gasteiger partial charge in [-0.1, -0.05) is 23.8 Å². The van der Waals surface area contributed by atoms with Gasteiger partial charge in [-0.25, -0.2) is 0 Å². The van der Waals surface area contributed by atoms with Crippen LogP contribution >= 0.6 is 0 Å². The topological polar surface area (TPSA) is 62.1 Å². The Morgan fingerprint density at radius 1 is 1.12 bits per heavy atom. The number of aliphatic carboxylic acids is 1. The number of fused-ring (bicyclic) bond motifs is 1. The molecule has 1 aliphatic heterocycles. The van der Waals surface area contributed by atoms with Crippen LogP contribution in [0.25, 0.3) is 0 Å². The molecule has 5 heteroatoms. The van der Waals surface area contributed by atoms with Crippen molar-refractivity contribution in [2.75, 3.05) is 0 Å². The Kier molecular flexibility index (Phi) is 6.26. The Balaban J connectivity index is 0.00000208. The fraction of sp³-hybridized carbons (Fsp3) is 0.368. The van der Waals surface area contributed by atoms with Gasteiger partial charge in [-0.2, -0.15) is 0 Å². The number of ketones is 1. The van der Waals surface area contributed by atoms with E-state index in [4.69, 9.17) is 0 Å². The molecule has 2 heterocycles. The number of rotatable bonds is 3. The second-order valence-electron chi connectivity index (χ2n) is 6.44. The van der Waals surface area contributed by atoms with Crippen LogP contribution in [0.4, 0.5) is 0 Å². The predicted molar refractivity (Wildman–Crippen MR) is 85.2 cm³/mol. The number of carboxylic acid groups (broad SMARTS) is 1. The van der Waals surface area contributed by atoms with Gasteiger partial charge in [-0.05, 0) is 50.8 Å². The van der Waals surface area contributed by atoms with Crippen LogP contribution < -0.4 is 56.5 Å². The van der Waals surface area contributed by atoms with Crippen LogP contribution in [0.2, 0.25) is 0 Å². The van der Waals surface area contributed by atoms with Crippen molar-refractivity contribution in [3.63, 3.8) is 0 Å². The summed E-state index contributed by atoms with van der Waals surface area (Å²) >= 11 is 0. The average Bonchev–Trinajstić information content (AvgIpc) is 2.78. The van der Waals surface area contributed by atoms with Gasteiger partial charge in [0.05, 0.1) is 5.97 Å². The molecule has 0 bridgehead atoms. The molecule has 1 aliphatic rings. The predicted octanol–water partition coefficient (Wildman–Crippen LogP) is -0.837. The van der Waals surface area contributed by atoms with Crippen molar-refractivity contribution in [3.05, 3.63) is 58.9 Å². The largest absolute Gasteiger partial charge is 1.00 e. The molecule has 3 rings (SSSR count). The molecule has 1 unspecified atom stereocenters. The number of aryl methyl sites for hydroxylation is 3. The fourth-order valence-corrected chi connectivity index (χ4v) is 3.57. The summed E-state index contributed by atoms with van der Waals surface area (Å²) in [6.45, 7) is 4.54. The molecule has 0 amide bonds. The molecule has 0 saturated carbocycles. The van der Waals surface area contributed by atoms with Crippen molar-refractivity contribution in [1.29, 1.82) is 0 Å². The zero-order chi connectivity index (χ0) is 16.6. The summed E-state index contributed by atoms with van der Waals surface area (Å²) in [6.07, 6.45) is 3.75. The summed E-state index contributed by atoms with van der Waals surface area (Å²) < 4.78 is 1.91. The van der Waals surface area contributed by atoms with Crippen LogP contribution in [-0.2, 0) is 16.8 Å². The minimum atomic E-state index is -1.60. The van der Waals surface area contributed by atoms with E-state index in [2.05, 4.69) is 0 Å². The van der Waals surface area contributed by atoms with Gasteiger partial charge in [0.2, 0.25) is 0 Å². The first kappa shape index (κ1) is 19.6. The normalized spacial score (nSPS) is 19.8. The average molecular weight is 349 g/mol. The second kappa shape index (κ2) is 7.66. The van der Waals surface area contributed by atoms with E-state index in [1.54, 1.807) is 18.2 Å². The van der Waals surface area contributed by atoms with E-state index in [0.717, 1.165) is 24.1 Å². The Morgan fingerprint density at radius 2 is 1.88 bits per heavy atom.